The number of ether oxygens (including phenoxy) is 1. The Hall–Kier alpha value is -4.43. The van der Waals surface area contributed by atoms with Crippen LogP contribution in [0, 0.1) is 0 Å². The molecule has 0 unspecified atom stereocenters. The minimum Gasteiger partial charge on any atom is -0.455 e. The number of rotatable bonds is 8. The highest BCUT2D eigenvalue weighted by Gasteiger charge is 2.18. The van der Waals surface area contributed by atoms with Crippen molar-refractivity contribution < 1.29 is 9.53 Å². The van der Waals surface area contributed by atoms with Crippen LogP contribution >= 0.6 is 11.8 Å². The second-order valence-electron chi connectivity index (χ2n) is 7.46. The number of carbonyl (C=O) groups excluding carboxylic acids is 1. The van der Waals surface area contributed by atoms with Crippen molar-refractivity contribution in [3.8, 4) is 28.6 Å². The molecule has 35 heavy (non-hydrogen) atoms. The van der Waals surface area contributed by atoms with Crippen LogP contribution in [0.15, 0.2) is 115 Å². The number of para-hydroxylation sites is 4. The molecule has 0 bridgehead atoms. The molecule has 8 heteroatoms. The van der Waals surface area contributed by atoms with Gasteiger partial charge in [-0.05, 0) is 48.5 Å². The molecule has 0 saturated heterocycles. The van der Waals surface area contributed by atoms with Crippen LogP contribution in [0.25, 0.3) is 17.1 Å². The summed E-state index contributed by atoms with van der Waals surface area (Å²) in [7, 11) is 0. The summed E-state index contributed by atoms with van der Waals surface area (Å²) in [4.78, 5) is 16.9. The lowest BCUT2D eigenvalue weighted by Crippen LogP contribution is -2.15. The smallest absolute Gasteiger partial charge is 0.234 e. The average Bonchev–Trinajstić information content (AvgIpc) is 3.34. The second kappa shape index (κ2) is 10.7. The van der Waals surface area contributed by atoms with Crippen molar-refractivity contribution in [1.29, 1.82) is 0 Å². The average molecular weight is 480 g/mol. The molecule has 5 rings (SSSR count). The first-order chi connectivity index (χ1) is 17.3. The van der Waals surface area contributed by atoms with Crippen LogP contribution in [0.2, 0.25) is 0 Å². The number of aromatic nitrogens is 4. The van der Waals surface area contributed by atoms with Gasteiger partial charge in [-0.2, -0.15) is 0 Å². The normalized spacial score (nSPS) is 10.6. The number of nitrogens with zero attached hydrogens (tertiary/aromatic N) is 4. The summed E-state index contributed by atoms with van der Waals surface area (Å²) >= 11 is 1.32. The Morgan fingerprint density at radius 2 is 1.51 bits per heavy atom. The molecule has 1 N–H and O–H groups in total. The Kier molecular flexibility index (Phi) is 6.82. The zero-order valence-electron chi connectivity index (χ0n) is 18.6. The van der Waals surface area contributed by atoms with E-state index in [0.717, 1.165) is 11.3 Å². The van der Waals surface area contributed by atoms with Gasteiger partial charge in [-0.1, -0.05) is 60.3 Å². The minimum atomic E-state index is -0.174. The van der Waals surface area contributed by atoms with Gasteiger partial charge in [-0.25, -0.2) is 0 Å². The van der Waals surface area contributed by atoms with Crippen LogP contribution in [0.5, 0.6) is 11.5 Å². The minimum absolute atomic E-state index is 0.154. The van der Waals surface area contributed by atoms with Crippen LogP contribution in [0.3, 0.4) is 0 Å². The van der Waals surface area contributed by atoms with E-state index in [9.17, 15) is 4.79 Å². The molecule has 0 aliphatic carbocycles. The lowest BCUT2D eigenvalue weighted by molar-refractivity contribution is -0.113. The Morgan fingerprint density at radius 3 is 2.29 bits per heavy atom. The van der Waals surface area contributed by atoms with E-state index in [1.807, 2.05) is 102 Å². The third-order valence-electron chi connectivity index (χ3n) is 5.05. The van der Waals surface area contributed by atoms with Crippen LogP contribution in [-0.2, 0) is 4.79 Å². The molecular formula is C27H21N5O2S. The first-order valence-electron chi connectivity index (χ1n) is 10.9. The Morgan fingerprint density at radius 1 is 0.829 bits per heavy atom. The quantitative estimate of drug-likeness (QED) is 0.281. The van der Waals surface area contributed by atoms with Crippen molar-refractivity contribution >= 4 is 23.4 Å². The number of pyridine rings is 1. The summed E-state index contributed by atoms with van der Waals surface area (Å²) in [5, 5.41) is 12.3. The van der Waals surface area contributed by atoms with E-state index < -0.39 is 0 Å². The SMILES string of the molecule is O=C(CSc1nnc(-c2ccncc2)n1-c1ccccc1)Nc1ccccc1Oc1ccccc1. The van der Waals surface area contributed by atoms with Gasteiger partial charge in [-0.15, -0.1) is 10.2 Å². The highest BCUT2D eigenvalue weighted by molar-refractivity contribution is 7.99. The number of thioether (sulfide) groups is 1. The van der Waals surface area contributed by atoms with Gasteiger partial charge in [0.2, 0.25) is 5.91 Å². The molecule has 2 aromatic heterocycles. The highest BCUT2D eigenvalue weighted by atomic mass is 32.2. The van der Waals surface area contributed by atoms with Gasteiger partial charge in [0.25, 0.3) is 0 Å². The molecule has 0 spiro atoms. The predicted octanol–water partition coefficient (Wildman–Crippen LogP) is 5.85. The molecule has 1 amide bonds. The van der Waals surface area contributed by atoms with Crippen LogP contribution in [0.1, 0.15) is 0 Å². The van der Waals surface area contributed by atoms with E-state index in [2.05, 4.69) is 20.5 Å². The van der Waals surface area contributed by atoms with Crippen molar-refractivity contribution in [2.75, 3.05) is 11.1 Å². The first kappa shape index (κ1) is 22.4. The molecule has 5 aromatic rings. The van der Waals surface area contributed by atoms with Crippen LogP contribution in [0.4, 0.5) is 5.69 Å². The summed E-state index contributed by atoms with van der Waals surface area (Å²) in [6.07, 6.45) is 3.43. The van der Waals surface area contributed by atoms with Crippen LogP contribution < -0.4 is 10.1 Å². The zero-order chi connectivity index (χ0) is 23.9. The second-order valence-corrected chi connectivity index (χ2v) is 8.40. The van der Waals surface area contributed by atoms with Gasteiger partial charge in [-0.3, -0.25) is 14.3 Å². The number of carbonyl (C=O) groups is 1. The third-order valence-corrected chi connectivity index (χ3v) is 5.98. The highest BCUT2D eigenvalue weighted by Crippen LogP contribution is 2.30. The fourth-order valence-electron chi connectivity index (χ4n) is 3.45. The number of amides is 1. The van der Waals surface area contributed by atoms with Gasteiger partial charge in [0.1, 0.15) is 5.75 Å². The monoisotopic (exact) mass is 479 g/mol. The maximum absolute atomic E-state index is 12.9. The van der Waals surface area contributed by atoms with Crippen LogP contribution in [-0.4, -0.2) is 31.4 Å². The number of hydrogen-bond acceptors (Lipinski definition) is 6. The maximum Gasteiger partial charge on any atom is 0.234 e. The summed E-state index contributed by atoms with van der Waals surface area (Å²) < 4.78 is 7.89. The lowest BCUT2D eigenvalue weighted by atomic mass is 10.2. The number of nitrogens with one attached hydrogen (secondary N) is 1. The zero-order valence-corrected chi connectivity index (χ0v) is 19.4. The van der Waals surface area contributed by atoms with Gasteiger partial charge >= 0.3 is 0 Å². The molecule has 2 heterocycles. The largest absolute Gasteiger partial charge is 0.455 e. The molecule has 0 saturated carbocycles. The maximum atomic E-state index is 12.9. The molecule has 0 aliphatic rings. The number of hydrogen-bond donors (Lipinski definition) is 1. The first-order valence-corrected chi connectivity index (χ1v) is 11.9. The Balaban J connectivity index is 1.34. The number of benzene rings is 3. The third kappa shape index (κ3) is 5.39. The van der Waals surface area contributed by atoms with Crippen molar-refractivity contribution in [2.45, 2.75) is 5.16 Å². The van der Waals surface area contributed by atoms with E-state index in [0.29, 0.717) is 28.2 Å². The molecule has 0 fully saturated rings. The fourth-order valence-corrected chi connectivity index (χ4v) is 4.20. The Labute approximate surface area is 206 Å². The van der Waals surface area contributed by atoms with E-state index in [-0.39, 0.29) is 11.7 Å². The molecule has 172 valence electrons. The van der Waals surface area contributed by atoms with E-state index >= 15 is 0 Å². The van der Waals surface area contributed by atoms with Crippen molar-refractivity contribution in [3.05, 3.63) is 109 Å². The molecule has 0 aliphatic heterocycles. The van der Waals surface area contributed by atoms with E-state index in [1.165, 1.54) is 11.8 Å². The standard InChI is InChI=1S/C27H21N5O2S/c33-25(29-23-13-7-8-14-24(23)34-22-11-5-2-6-12-22)19-35-27-31-30-26(20-15-17-28-18-16-20)32(27)21-9-3-1-4-10-21/h1-18H,19H2,(H,29,33). The molecule has 0 atom stereocenters. The van der Waals surface area contributed by atoms with Gasteiger partial charge < -0.3 is 10.1 Å². The van der Waals surface area contributed by atoms with Gasteiger partial charge in [0.15, 0.2) is 16.7 Å². The summed E-state index contributed by atoms with van der Waals surface area (Å²) in [6, 6.07) is 30.4. The van der Waals surface area contributed by atoms with E-state index in [4.69, 9.17) is 4.74 Å². The van der Waals surface area contributed by atoms with Crippen molar-refractivity contribution in [3.63, 3.8) is 0 Å². The van der Waals surface area contributed by atoms with Gasteiger partial charge in [0, 0.05) is 23.6 Å². The molecule has 7 nitrogen and oxygen atoms in total. The summed E-state index contributed by atoms with van der Waals surface area (Å²) in [5.74, 6) is 1.93. The molecule has 0 radical (unpaired) electrons. The molecule has 3 aromatic carbocycles. The predicted molar refractivity (Wildman–Crippen MR) is 137 cm³/mol. The number of anilines is 1. The van der Waals surface area contributed by atoms with Crippen molar-refractivity contribution in [1.82, 2.24) is 19.7 Å². The summed E-state index contributed by atoms with van der Waals surface area (Å²) in [6.45, 7) is 0. The topological polar surface area (TPSA) is 81.9 Å². The summed E-state index contributed by atoms with van der Waals surface area (Å²) in [5.41, 5.74) is 2.40. The molecular weight excluding hydrogens is 458 g/mol. The fraction of sp³-hybridized carbons (Fsp3) is 0.0370. The Bertz CT molecular complexity index is 1410. The van der Waals surface area contributed by atoms with Gasteiger partial charge in [0.05, 0.1) is 11.4 Å². The van der Waals surface area contributed by atoms with E-state index in [1.54, 1.807) is 12.4 Å². The van der Waals surface area contributed by atoms with Crippen molar-refractivity contribution in [2.24, 2.45) is 0 Å². The lowest BCUT2D eigenvalue weighted by Gasteiger charge is -2.12.